The molecule has 1 amide bonds. The average Bonchev–Trinajstić information content (AvgIpc) is 2.85. The van der Waals surface area contributed by atoms with Crippen LogP contribution in [0.25, 0.3) is 0 Å². The van der Waals surface area contributed by atoms with E-state index in [-0.39, 0.29) is 5.91 Å². The lowest BCUT2D eigenvalue weighted by Crippen LogP contribution is -2.10. The van der Waals surface area contributed by atoms with Crippen LogP contribution in [0.15, 0.2) is 28.6 Å². The van der Waals surface area contributed by atoms with Crippen molar-refractivity contribution < 1.29 is 4.79 Å². The second-order valence-electron chi connectivity index (χ2n) is 4.39. The van der Waals surface area contributed by atoms with Gasteiger partial charge in [0, 0.05) is 12.2 Å². The molecule has 20 heavy (non-hydrogen) atoms. The van der Waals surface area contributed by atoms with E-state index in [0.717, 1.165) is 16.5 Å². The minimum absolute atomic E-state index is 0.000830. The van der Waals surface area contributed by atoms with Crippen molar-refractivity contribution in [2.24, 2.45) is 0 Å². The maximum atomic E-state index is 11.5. The predicted octanol–water partition coefficient (Wildman–Crippen LogP) is 3.88. The molecule has 0 saturated carbocycles. The molecule has 0 unspecified atom stereocenters. The first kappa shape index (κ1) is 15.0. The third-order valence-corrected chi connectivity index (χ3v) is 4.76. The zero-order valence-corrected chi connectivity index (χ0v) is 13.2. The number of thioether (sulfide) groups is 1. The van der Waals surface area contributed by atoms with Gasteiger partial charge in [0.2, 0.25) is 11.0 Å². The van der Waals surface area contributed by atoms with Gasteiger partial charge < -0.3 is 5.32 Å². The number of anilines is 1. The lowest BCUT2D eigenvalue weighted by molar-refractivity contribution is -0.116. The van der Waals surface area contributed by atoms with E-state index in [1.54, 1.807) is 11.8 Å². The summed E-state index contributed by atoms with van der Waals surface area (Å²) in [5.74, 6) is 0.864. The summed E-state index contributed by atoms with van der Waals surface area (Å²) in [5, 5.41) is 11.4. The smallest absolute Gasteiger partial charge is 0.226 e. The molecule has 0 fully saturated rings. The standard InChI is InChI=1S/C14H17N3OS2/c1-3-6-12(18)15-13-16-17-14(20-13)19-9-11-8-5-4-7-10(11)2/h4-5,7-8H,3,6,9H2,1-2H3,(H,15,16,18). The fourth-order valence-electron chi connectivity index (χ4n) is 1.64. The molecule has 0 bridgehead atoms. The summed E-state index contributed by atoms with van der Waals surface area (Å²) in [4.78, 5) is 11.5. The van der Waals surface area contributed by atoms with E-state index in [4.69, 9.17) is 0 Å². The number of aromatic nitrogens is 2. The molecule has 0 radical (unpaired) electrons. The normalized spacial score (nSPS) is 10.5. The topological polar surface area (TPSA) is 54.9 Å². The number of rotatable bonds is 6. The van der Waals surface area contributed by atoms with Crippen LogP contribution in [0.3, 0.4) is 0 Å². The molecule has 0 aliphatic carbocycles. The molecule has 0 atom stereocenters. The van der Waals surface area contributed by atoms with Gasteiger partial charge in [-0.25, -0.2) is 0 Å². The minimum atomic E-state index is -0.000830. The Morgan fingerprint density at radius 2 is 2.15 bits per heavy atom. The molecule has 1 aromatic carbocycles. The zero-order valence-electron chi connectivity index (χ0n) is 11.5. The first-order valence-corrected chi connectivity index (χ1v) is 8.30. The van der Waals surface area contributed by atoms with Gasteiger partial charge >= 0.3 is 0 Å². The maximum absolute atomic E-state index is 11.5. The highest BCUT2D eigenvalue weighted by Gasteiger charge is 2.08. The maximum Gasteiger partial charge on any atom is 0.226 e. The largest absolute Gasteiger partial charge is 0.301 e. The second kappa shape index (κ2) is 7.40. The summed E-state index contributed by atoms with van der Waals surface area (Å²) in [6.07, 6.45) is 1.35. The van der Waals surface area contributed by atoms with Gasteiger partial charge in [0.15, 0.2) is 4.34 Å². The summed E-state index contributed by atoms with van der Waals surface area (Å²) < 4.78 is 0.875. The lowest BCUT2D eigenvalue weighted by Gasteiger charge is -2.02. The Kier molecular flexibility index (Phi) is 5.55. The summed E-state index contributed by atoms with van der Waals surface area (Å²) in [5.41, 5.74) is 2.57. The average molecular weight is 307 g/mol. The van der Waals surface area contributed by atoms with E-state index in [1.807, 2.05) is 19.1 Å². The Labute approximate surface area is 127 Å². The Bertz CT molecular complexity index is 583. The molecule has 1 heterocycles. The Morgan fingerprint density at radius 3 is 2.90 bits per heavy atom. The monoisotopic (exact) mass is 307 g/mol. The van der Waals surface area contributed by atoms with Crippen LogP contribution >= 0.6 is 23.1 Å². The van der Waals surface area contributed by atoms with E-state index < -0.39 is 0 Å². The van der Waals surface area contributed by atoms with Crippen LogP contribution in [0.4, 0.5) is 5.13 Å². The van der Waals surface area contributed by atoms with Crippen LogP contribution in [-0.4, -0.2) is 16.1 Å². The number of hydrogen-bond acceptors (Lipinski definition) is 5. The lowest BCUT2D eigenvalue weighted by atomic mass is 10.1. The van der Waals surface area contributed by atoms with Crippen LogP contribution in [0, 0.1) is 6.92 Å². The molecule has 6 heteroatoms. The van der Waals surface area contributed by atoms with Crippen molar-refractivity contribution in [3.8, 4) is 0 Å². The van der Waals surface area contributed by atoms with E-state index in [0.29, 0.717) is 11.6 Å². The Balaban J connectivity index is 1.90. The van der Waals surface area contributed by atoms with Gasteiger partial charge in [0.05, 0.1) is 0 Å². The molecular weight excluding hydrogens is 290 g/mol. The molecule has 4 nitrogen and oxygen atoms in total. The number of benzene rings is 1. The molecular formula is C14H17N3OS2. The Morgan fingerprint density at radius 1 is 1.35 bits per heavy atom. The van der Waals surface area contributed by atoms with Gasteiger partial charge in [0.25, 0.3) is 0 Å². The number of nitrogens with one attached hydrogen (secondary N) is 1. The highest BCUT2D eigenvalue weighted by Crippen LogP contribution is 2.29. The van der Waals surface area contributed by atoms with Gasteiger partial charge in [-0.15, -0.1) is 10.2 Å². The fraction of sp³-hybridized carbons (Fsp3) is 0.357. The van der Waals surface area contributed by atoms with E-state index in [2.05, 4.69) is 34.6 Å². The molecule has 1 N–H and O–H groups in total. The second-order valence-corrected chi connectivity index (χ2v) is 6.59. The quantitative estimate of drug-likeness (QED) is 0.650. The van der Waals surface area contributed by atoms with Crippen molar-refractivity contribution in [3.63, 3.8) is 0 Å². The third kappa shape index (κ3) is 4.31. The molecule has 1 aromatic heterocycles. The van der Waals surface area contributed by atoms with Gasteiger partial charge in [-0.3, -0.25) is 4.79 Å². The molecule has 0 saturated heterocycles. The highest BCUT2D eigenvalue weighted by molar-refractivity contribution is 8.00. The number of hydrogen-bond donors (Lipinski definition) is 1. The van der Waals surface area contributed by atoms with Gasteiger partial charge in [-0.1, -0.05) is 54.3 Å². The van der Waals surface area contributed by atoms with Gasteiger partial charge in [-0.2, -0.15) is 0 Å². The first-order chi connectivity index (χ1) is 9.69. The molecule has 0 spiro atoms. The van der Waals surface area contributed by atoms with Gasteiger partial charge in [-0.05, 0) is 24.5 Å². The van der Waals surface area contributed by atoms with E-state index in [9.17, 15) is 4.79 Å². The molecule has 2 rings (SSSR count). The fourth-order valence-corrected chi connectivity index (χ4v) is 3.48. The SMILES string of the molecule is CCCC(=O)Nc1nnc(SCc2ccccc2C)s1. The third-order valence-electron chi connectivity index (χ3n) is 2.74. The van der Waals surface area contributed by atoms with Crippen LogP contribution in [0.1, 0.15) is 30.9 Å². The van der Waals surface area contributed by atoms with Crippen molar-refractivity contribution in [1.29, 1.82) is 0 Å². The van der Waals surface area contributed by atoms with Crippen molar-refractivity contribution in [1.82, 2.24) is 10.2 Å². The van der Waals surface area contributed by atoms with Crippen LogP contribution in [-0.2, 0) is 10.5 Å². The highest BCUT2D eigenvalue weighted by atomic mass is 32.2. The predicted molar refractivity (Wildman–Crippen MR) is 84.2 cm³/mol. The Hall–Kier alpha value is -1.40. The molecule has 0 aliphatic rings. The number of carbonyl (C=O) groups excluding carboxylic acids is 1. The number of carbonyl (C=O) groups is 1. The molecule has 2 aromatic rings. The minimum Gasteiger partial charge on any atom is -0.301 e. The zero-order chi connectivity index (χ0) is 14.4. The van der Waals surface area contributed by atoms with Crippen LogP contribution < -0.4 is 5.32 Å². The molecule has 0 aliphatic heterocycles. The van der Waals surface area contributed by atoms with Crippen molar-refractivity contribution in [2.45, 2.75) is 36.8 Å². The first-order valence-electron chi connectivity index (χ1n) is 6.49. The van der Waals surface area contributed by atoms with Crippen LogP contribution in [0.2, 0.25) is 0 Å². The van der Waals surface area contributed by atoms with Gasteiger partial charge in [0.1, 0.15) is 0 Å². The van der Waals surface area contributed by atoms with E-state index >= 15 is 0 Å². The van der Waals surface area contributed by atoms with Crippen molar-refractivity contribution >= 4 is 34.1 Å². The summed E-state index contributed by atoms with van der Waals surface area (Å²) in [7, 11) is 0. The molecule has 106 valence electrons. The van der Waals surface area contributed by atoms with Crippen molar-refractivity contribution in [3.05, 3.63) is 35.4 Å². The number of amides is 1. The van der Waals surface area contributed by atoms with E-state index in [1.165, 1.54) is 22.5 Å². The number of aryl methyl sites for hydroxylation is 1. The summed E-state index contributed by atoms with van der Waals surface area (Å²) in [6.45, 7) is 4.08. The van der Waals surface area contributed by atoms with Crippen LogP contribution in [0.5, 0.6) is 0 Å². The van der Waals surface area contributed by atoms with Crippen molar-refractivity contribution in [2.75, 3.05) is 5.32 Å². The summed E-state index contributed by atoms with van der Waals surface area (Å²) in [6, 6.07) is 8.30. The summed E-state index contributed by atoms with van der Waals surface area (Å²) >= 11 is 3.06. The number of nitrogens with zero attached hydrogens (tertiary/aromatic N) is 2.